The van der Waals surface area contributed by atoms with Crippen molar-refractivity contribution in [2.75, 3.05) is 13.4 Å². The zero-order valence-corrected chi connectivity index (χ0v) is 6.87. The molecule has 0 unspecified atom stereocenters. The van der Waals surface area contributed by atoms with Crippen LogP contribution in [-0.2, 0) is 9.47 Å². The third kappa shape index (κ3) is 2.39. The van der Waals surface area contributed by atoms with Gasteiger partial charge in [0.15, 0.2) is 6.79 Å². The average molecular weight is 169 g/mol. The largest absolute Gasteiger partial charge is 0.435 e. The maximum Gasteiger partial charge on any atom is 0.341 e. The number of ether oxygens (including phenoxy) is 2. The van der Waals surface area contributed by atoms with Crippen LogP contribution >= 0.6 is 0 Å². The third-order valence-corrected chi connectivity index (χ3v) is 1.31. The van der Waals surface area contributed by atoms with Crippen molar-refractivity contribution >= 4 is 5.97 Å². The first-order valence-corrected chi connectivity index (χ1v) is 3.72. The van der Waals surface area contributed by atoms with Crippen molar-refractivity contribution in [1.82, 2.24) is 4.98 Å². The first-order valence-electron chi connectivity index (χ1n) is 3.72. The number of hydrogen-bond donors (Lipinski definition) is 1. The van der Waals surface area contributed by atoms with Gasteiger partial charge < -0.3 is 14.5 Å². The summed E-state index contributed by atoms with van der Waals surface area (Å²) in [4.78, 5) is 13.8. The first-order chi connectivity index (χ1) is 5.84. The van der Waals surface area contributed by atoms with Gasteiger partial charge in [0.05, 0.1) is 5.56 Å². The lowest BCUT2D eigenvalue weighted by Gasteiger charge is -2.01. The summed E-state index contributed by atoms with van der Waals surface area (Å²) in [6.07, 6.45) is 3.24. The minimum atomic E-state index is -0.371. The van der Waals surface area contributed by atoms with E-state index in [1.807, 2.05) is 6.92 Å². The SMILES string of the molecule is CCOCOC(=O)c1cc[nH]c1. The summed E-state index contributed by atoms with van der Waals surface area (Å²) in [5, 5.41) is 0. The maximum atomic E-state index is 11.1. The van der Waals surface area contributed by atoms with Gasteiger partial charge in [-0.25, -0.2) is 4.79 Å². The van der Waals surface area contributed by atoms with Crippen molar-refractivity contribution < 1.29 is 14.3 Å². The second-order valence-electron chi connectivity index (χ2n) is 2.14. The Morgan fingerprint density at radius 3 is 3.08 bits per heavy atom. The molecule has 1 aromatic heterocycles. The van der Waals surface area contributed by atoms with E-state index in [0.29, 0.717) is 12.2 Å². The molecule has 4 heteroatoms. The van der Waals surface area contributed by atoms with Crippen molar-refractivity contribution in [2.24, 2.45) is 0 Å². The molecule has 1 heterocycles. The molecule has 0 spiro atoms. The lowest BCUT2D eigenvalue weighted by atomic mass is 10.3. The fourth-order valence-electron chi connectivity index (χ4n) is 0.713. The van der Waals surface area contributed by atoms with Gasteiger partial charge in [-0.1, -0.05) is 0 Å². The van der Waals surface area contributed by atoms with Crippen LogP contribution in [0.5, 0.6) is 0 Å². The number of hydrogen-bond acceptors (Lipinski definition) is 3. The number of carbonyl (C=O) groups is 1. The average Bonchev–Trinajstić information content (AvgIpc) is 2.56. The fraction of sp³-hybridized carbons (Fsp3) is 0.375. The molecule has 0 saturated heterocycles. The number of H-pyrrole nitrogens is 1. The minimum absolute atomic E-state index is 0.0144. The van der Waals surface area contributed by atoms with E-state index in [9.17, 15) is 4.79 Å². The molecule has 0 fully saturated rings. The molecule has 66 valence electrons. The van der Waals surface area contributed by atoms with Crippen molar-refractivity contribution in [2.45, 2.75) is 6.92 Å². The zero-order chi connectivity index (χ0) is 8.81. The molecule has 0 saturated carbocycles. The van der Waals surface area contributed by atoms with E-state index in [4.69, 9.17) is 9.47 Å². The monoisotopic (exact) mass is 169 g/mol. The van der Waals surface area contributed by atoms with Crippen molar-refractivity contribution in [3.05, 3.63) is 24.0 Å². The van der Waals surface area contributed by atoms with Crippen LogP contribution in [0.4, 0.5) is 0 Å². The number of nitrogens with one attached hydrogen (secondary N) is 1. The Balaban J connectivity index is 2.30. The van der Waals surface area contributed by atoms with E-state index < -0.39 is 0 Å². The van der Waals surface area contributed by atoms with Gasteiger partial charge in [-0.2, -0.15) is 0 Å². The molecule has 1 aromatic rings. The van der Waals surface area contributed by atoms with Gasteiger partial charge >= 0.3 is 5.97 Å². The molecule has 0 amide bonds. The summed E-state index contributed by atoms with van der Waals surface area (Å²) in [6.45, 7) is 2.39. The molecule has 0 aliphatic carbocycles. The second kappa shape index (κ2) is 4.56. The minimum Gasteiger partial charge on any atom is -0.435 e. The molecule has 0 aromatic carbocycles. The molecule has 0 atom stereocenters. The smallest absolute Gasteiger partial charge is 0.341 e. The number of aromatic nitrogens is 1. The summed E-state index contributed by atoms with van der Waals surface area (Å²) in [7, 11) is 0. The summed E-state index contributed by atoms with van der Waals surface area (Å²) in [5.41, 5.74) is 0.509. The van der Waals surface area contributed by atoms with Gasteiger partial charge in [0, 0.05) is 19.0 Å². The van der Waals surface area contributed by atoms with Crippen LogP contribution in [0.25, 0.3) is 0 Å². The van der Waals surface area contributed by atoms with E-state index in [1.165, 1.54) is 0 Å². The predicted octanol–water partition coefficient (Wildman–Crippen LogP) is 1.17. The number of carbonyl (C=O) groups excluding carboxylic acids is 1. The highest BCUT2D eigenvalue weighted by molar-refractivity contribution is 5.88. The van der Waals surface area contributed by atoms with E-state index in [-0.39, 0.29) is 12.8 Å². The fourth-order valence-corrected chi connectivity index (χ4v) is 0.713. The molecule has 12 heavy (non-hydrogen) atoms. The Morgan fingerprint density at radius 2 is 2.50 bits per heavy atom. The molecule has 0 bridgehead atoms. The predicted molar refractivity (Wildman–Crippen MR) is 42.7 cm³/mol. The normalized spacial score (nSPS) is 9.75. The van der Waals surface area contributed by atoms with Crippen LogP contribution in [0.3, 0.4) is 0 Å². The zero-order valence-electron chi connectivity index (χ0n) is 6.87. The van der Waals surface area contributed by atoms with Crippen LogP contribution in [0, 0.1) is 0 Å². The van der Waals surface area contributed by atoms with Gasteiger partial charge in [0.2, 0.25) is 0 Å². The van der Waals surface area contributed by atoms with Crippen LogP contribution in [0.1, 0.15) is 17.3 Å². The van der Waals surface area contributed by atoms with Crippen LogP contribution in [-0.4, -0.2) is 24.4 Å². The quantitative estimate of drug-likeness (QED) is 0.418. The third-order valence-electron chi connectivity index (χ3n) is 1.31. The Bertz CT molecular complexity index is 230. The van der Waals surface area contributed by atoms with E-state index >= 15 is 0 Å². The molecule has 4 nitrogen and oxygen atoms in total. The molecule has 0 aliphatic rings. The highest BCUT2D eigenvalue weighted by Gasteiger charge is 2.05. The standard InChI is InChI=1S/C8H11NO3/c1-2-11-6-12-8(10)7-3-4-9-5-7/h3-5,9H,2,6H2,1H3. The molecule has 1 N–H and O–H groups in total. The first kappa shape index (κ1) is 8.80. The van der Waals surface area contributed by atoms with Gasteiger partial charge in [0.1, 0.15) is 0 Å². The van der Waals surface area contributed by atoms with Crippen LogP contribution < -0.4 is 0 Å². The molecule has 1 rings (SSSR count). The van der Waals surface area contributed by atoms with E-state index in [0.717, 1.165) is 0 Å². The van der Waals surface area contributed by atoms with Crippen molar-refractivity contribution in [3.63, 3.8) is 0 Å². The highest BCUT2D eigenvalue weighted by atomic mass is 16.7. The highest BCUT2D eigenvalue weighted by Crippen LogP contribution is 1.98. The Morgan fingerprint density at radius 1 is 1.67 bits per heavy atom. The number of esters is 1. The molecule has 0 radical (unpaired) electrons. The second-order valence-corrected chi connectivity index (χ2v) is 2.14. The Kier molecular flexibility index (Phi) is 3.35. The summed E-state index contributed by atoms with van der Waals surface area (Å²) in [6, 6.07) is 1.65. The van der Waals surface area contributed by atoms with Crippen LogP contribution in [0.15, 0.2) is 18.5 Å². The van der Waals surface area contributed by atoms with Crippen molar-refractivity contribution in [3.8, 4) is 0 Å². The van der Waals surface area contributed by atoms with Crippen LogP contribution in [0.2, 0.25) is 0 Å². The van der Waals surface area contributed by atoms with Gasteiger partial charge in [-0.3, -0.25) is 0 Å². The molecular weight excluding hydrogens is 158 g/mol. The maximum absolute atomic E-state index is 11.1. The van der Waals surface area contributed by atoms with E-state index in [1.54, 1.807) is 18.5 Å². The molecule has 0 aliphatic heterocycles. The summed E-state index contributed by atoms with van der Waals surface area (Å²) < 4.78 is 9.59. The van der Waals surface area contributed by atoms with Gasteiger partial charge in [0.25, 0.3) is 0 Å². The Hall–Kier alpha value is -1.29. The topological polar surface area (TPSA) is 51.3 Å². The lowest BCUT2D eigenvalue weighted by Crippen LogP contribution is -2.07. The van der Waals surface area contributed by atoms with Gasteiger partial charge in [-0.05, 0) is 13.0 Å². The summed E-state index contributed by atoms with van der Waals surface area (Å²) in [5.74, 6) is -0.371. The Labute approximate surface area is 70.5 Å². The number of rotatable bonds is 4. The van der Waals surface area contributed by atoms with Gasteiger partial charge in [-0.15, -0.1) is 0 Å². The van der Waals surface area contributed by atoms with E-state index in [2.05, 4.69) is 4.98 Å². The molecular formula is C8H11NO3. The van der Waals surface area contributed by atoms with Crippen molar-refractivity contribution in [1.29, 1.82) is 0 Å². The lowest BCUT2D eigenvalue weighted by molar-refractivity contribution is -0.0274. The summed E-state index contributed by atoms with van der Waals surface area (Å²) >= 11 is 0. The number of aromatic amines is 1.